The molecule has 1 aliphatic carbocycles. The van der Waals surface area contributed by atoms with E-state index in [1.807, 2.05) is 0 Å². The Bertz CT molecular complexity index is 264. The Morgan fingerprint density at radius 2 is 1.92 bits per heavy atom. The zero-order valence-corrected chi connectivity index (χ0v) is 6.70. The molecule has 2 N–H and O–H groups in total. The summed E-state index contributed by atoms with van der Waals surface area (Å²) in [6.07, 6.45) is 0.535. The van der Waals surface area contributed by atoms with Crippen LogP contribution < -0.4 is 0 Å². The Kier molecular flexibility index (Phi) is 2.17. The minimum absolute atomic E-state index is 0.163. The van der Waals surface area contributed by atoms with E-state index in [9.17, 15) is 9.59 Å². The molecule has 0 fully saturated rings. The minimum Gasteiger partial charge on any atom is -0.481 e. The molecule has 12 heavy (non-hydrogen) atoms. The summed E-state index contributed by atoms with van der Waals surface area (Å²) in [7, 11) is 0. The van der Waals surface area contributed by atoms with Gasteiger partial charge in [0.15, 0.2) is 0 Å². The van der Waals surface area contributed by atoms with E-state index < -0.39 is 17.9 Å². The molecule has 0 saturated carbocycles. The van der Waals surface area contributed by atoms with Crippen LogP contribution in [0.5, 0.6) is 0 Å². The molecule has 1 atom stereocenters. The van der Waals surface area contributed by atoms with Crippen molar-refractivity contribution in [1.82, 2.24) is 0 Å². The fourth-order valence-corrected chi connectivity index (χ4v) is 1.43. The Morgan fingerprint density at radius 1 is 1.33 bits per heavy atom. The van der Waals surface area contributed by atoms with Gasteiger partial charge in [0, 0.05) is 5.57 Å². The molecule has 0 aliphatic heterocycles. The predicted molar refractivity (Wildman–Crippen MR) is 40.7 cm³/mol. The van der Waals surface area contributed by atoms with Crippen LogP contribution in [-0.4, -0.2) is 22.2 Å². The number of allylic oxidation sites excluding steroid dienone is 1. The lowest BCUT2D eigenvalue weighted by Gasteiger charge is -2.00. The van der Waals surface area contributed by atoms with Gasteiger partial charge in [-0.3, -0.25) is 4.79 Å². The number of carboxylic acid groups (broad SMARTS) is 2. The number of hydrogen-bond acceptors (Lipinski definition) is 2. The highest BCUT2D eigenvalue weighted by Gasteiger charge is 2.30. The van der Waals surface area contributed by atoms with Gasteiger partial charge in [-0.1, -0.05) is 5.57 Å². The van der Waals surface area contributed by atoms with Gasteiger partial charge in [0.2, 0.25) is 0 Å². The maximum absolute atomic E-state index is 10.5. The van der Waals surface area contributed by atoms with Crippen LogP contribution in [0.1, 0.15) is 19.8 Å². The third-order valence-corrected chi connectivity index (χ3v) is 2.13. The second-order valence-electron chi connectivity index (χ2n) is 3.01. The molecule has 1 unspecified atom stereocenters. The average molecular weight is 170 g/mol. The Labute approximate surface area is 69.5 Å². The van der Waals surface area contributed by atoms with Crippen LogP contribution in [0.2, 0.25) is 0 Å². The monoisotopic (exact) mass is 170 g/mol. The van der Waals surface area contributed by atoms with Crippen LogP contribution in [0.15, 0.2) is 11.1 Å². The topological polar surface area (TPSA) is 74.6 Å². The predicted octanol–water partition coefficient (Wildman–Crippen LogP) is 0.882. The smallest absolute Gasteiger partial charge is 0.331 e. The van der Waals surface area contributed by atoms with Gasteiger partial charge >= 0.3 is 11.9 Å². The number of aliphatic carboxylic acids is 2. The normalized spacial score (nSPS) is 22.9. The van der Waals surface area contributed by atoms with Crippen molar-refractivity contribution >= 4 is 11.9 Å². The van der Waals surface area contributed by atoms with Crippen molar-refractivity contribution in [1.29, 1.82) is 0 Å². The quantitative estimate of drug-likeness (QED) is 0.645. The van der Waals surface area contributed by atoms with Crippen molar-refractivity contribution in [2.45, 2.75) is 19.8 Å². The molecule has 0 aromatic heterocycles. The van der Waals surface area contributed by atoms with Gasteiger partial charge in [-0.05, 0) is 19.8 Å². The molecule has 0 bridgehead atoms. The summed E-state index contributed by atoms with van der Waals surface area (Å²) in [5, 5.41) is 17.2. The van der Waals surface area contributed by atoms with Gasteiger partial charge in [0.1, 0.15) is 0 Å². The molecule has 0 amide bonds. The van der Waals surface area contributed by atoms with E-state index in [0.717, 1.165) is 0 Å². The van der Waals surface area contributed by atoms with Crippen molar-refractivity contribution in [3.8, 4) is 0 Å². The van der Waals surface area contributed by atoms with Crippen LogP contribution in [0.3, 0.4) is 0 Å². The first-order valence-electron chi connectivity index (χ1n) is 3.67. The molecule has 1 aliphatic rings. The number of carboxylic acids is 2. The summed E-state index contributed by atoms with van der Waals surface area (Å²) in [6.45, 7) is 1.67. The molecule has 0 aromatic carbocycles. The largest absolute Gasteiger partial charge is 0.481 e. The molecule has 0 radical (unpaired) electrons. The first-order chi connectivity index (χ1) is 5.52. The fourth-order valence-electron chi connectivity index (χ4n) is 1.43. The van der Waals surface area contributed by atoms with Crippen LogP contribution in [0.25, 0.3) is 0 Å². The van der Waals surface area contributed by atoms with Crippen molar-refractivity contribution < 1.29 is 19.8 Å². The van der Waals surface area contributed by atoms with Crippen molar-refractivity contribution in [2.24, 2.45) is 5.92 Å². The molecular formula is C8H10O4. The van der Waals surface area contributed by atoms with Gasteiger partial charge in [0.25, 0.3) is 0 Å². The summed E-state index contributed by atoms with van der Waals surface area (Å²) in [4.78, 5) is 21.0. The molecule has 0 spiro atoms. The van der Waals surface area contributed by atoms with E-state index in [4.69, 9.17) is 10.2 Å². The lowest BCUT2D eigenvalue weighted by molar-refractivity contribution is -0.141. The van der Waals surface area contributed by atoms with Gasteiger partial charge in [-0.25, -0.2) is 4.79 Å². The van der Waals surface area contributed by atoms with E-state index in [2.05, 4.69) is 0 Å². The summed E-state index contributed by atoms with van der Waals surface area (Å²) in [5.74, 6) is -2.43. The van der Waals surface area contributed by atoms with Crippen LogP contribution in [0.4, 0.5) is 0 Å². The SMILES string of the molecule is CC1=C(C(=O)O)CC(C(=O)O)C1. The number of hydrogen-bond donors (Lipinski definition) is 2. The van der Waals surface area contributed by atoms with E-state index in [1.165, 1.54) is 0 Å². The highest BCUT2D eigenvalue weighted by atomic mass is 16.4. The van der Waals surface area contributed by atoms with E-state index in [1.54, 1.807) is 6.92 Å². The van der Waals surface area contributed by atoms with E-state index in [0.29, 0.717) is 12.0 Å². The molecule has 66 valence electrons. The maximum atomic E-state index is 10.5. The maximum Gasteiger partial charge on any atom is 0.331 e. The van der Waals surface area contributed by atoms with Gasteiger partial charge in [0.05, 0.1) is 5.92 Å². The first kappa shape index (κ1) is 8.77. The Morgan fingerprint density at radius 3 is 2.17 bits per heavy atom. The second-order valence-corrected chi connectivity index (χ2v) is 3.01. The summed E-state index contributed by atoms with van der Waals surface area (Å²) in [6, 6.07) is 0. The van der Waals surface area contributed by atoms with Gasteiger partial charge in [-0.2, -0.15) is 0 Å². The molecule has 0 aromatic rings. The Hall–Kier alpha value is -1.32. The highest BCUT2D eigenvalue weighted by molar-refractivity contribution is 5.90. The summed E-state index contributed by atoms with van der Waals surface area (Å²) < 4.78 is 0. The summed E-state index contributed by atoms with van der Waals surface area (Å²) >= 11 is 0. The van der Waals surface area contributed by atoms with Crippen molar-refractivity contribution in [2.75, 3.05) is 0 Å². The molecular weight excluding hydrogens is 160 g/mol. The summed E-state index contributed by atoms with van der Waals surface area (Å²) in [5.41, 5.74) is 0.956. The minimum atomic E-state index is -0.990. The van der Waals surface area contributed by atoms with Crippen LogP contribution in [-0.2, 0) is 9.59 Å². The van der Waals surface area contributed by atoms with Gasteiger partial charge < -0.3 is 10.2 Å². The third-order valence-electron chi connectivity index (χ3n) is 2.13. The first-order valence-corrected chi connectivity index (χ1v) is 3.67. The zero-order valence-electron chi connectivity index (χ0n) is 6.70. The molecule has 4 heteroatoms. The van der Waals surface area contributed by atoms with Crippen molar-refractivity contribution in [3.05, 3.63) is 11.1 Å². The Balaban J connectivity index is 2.74. The number of rotatable bonds is 2. The average Bonchev–Trinajstić information content (AvgIpc) is 2.30. The van der Waals surface area contributed by atoms with E-state index >= 15 is 0 Å². The standard InChI is InChI=1S/C8H10O4/c1-4-2-5(7(9)10)3-6(4)8(11)12/h5H,2-3H2,1H3,(H,9,10)(H,11,12). The second kappa shape index (κ2) is 2.97. The lowest BCUT2D eigenvalue weighted by atomic mass is 10.1. The third kappa shape index (κ3) is 1.47. The molecule has 1 rings (SSSR count). The molecule has 4 nitrogen and oxygen atoms in total. The van der Waals surface area contributed by atoms with E-state index in [-0.39, 0.29) is 12.0 Å². The fraction of sp³-hybridized carbons (Fsp3) is 0.500. The van der Waals surface area contributed by atoms with Gasteiger partial charge in [-0.15, -0.1) is 0 Å². The number of carbonyl (C=O) groups is 2. The highest BCUT2D eigenvalue weighted by Crippen LogP contribution is 2.31. The zero-order chi connectivity index (χ0) is 9.30. The molecule has 0 saturated heterocycles. The lowest BCUT2D eigenvalue weighted by Crippen LogP contribution is -2.11. The van der Waals surface area contributed by atoms with Crippen LogP contribution in [0, 0.1) is 5.92 Å². The van der Waals surface area contributed by atoms with Crippen LogP contribution >= 0.6 is 0 Å². The van der Waals surface area contributed by atoms with Crippen molar-refractivity contribution in [3.63, 3.8) is 0 Å². The molecule has 0 heterocycles.